The van der Waals surface area contributed by atoms with Gasteiger partial charge in [-0.1, -0.05) is 43.7 Å². The summed E-state index contributed by atoms with van der Waals surface area (Å²) >= 11 is 0. The van der Waals surface area contributed by atoms with Crippen LogP contribution in [0.25, 0.3) is 0 Å². The molecular weight excluding hydrogens is 380 g/mol. The van der Waals surface area contributed by atoms with Crippen molar-refractivity contribution in [3.63, 3.8) is 0 Å². The zero-order valence-electron chi connectivity index (χ0n) is 17.7. The van der Waals surface area contributed by atoms with E-state index >= 15 is 0 Å². The van der Waals surface area contributed by atoms with Crippen molar-refractivity contribution in [2.24, 2.45) is 0 Å². The van der Waals surface area contributed by atoms with Crippen molar-refractivity contribution in [3.05, 3.63) is 70.3 Å². The minimum absolute atomic E-state index is 0.0481. The molecule has 0 radical (unpaired) electrons. The van der Waals surface area contributed by atoms with Crippen LogP contribution in [0.2, 0.25) is 0 Å². The fourth-order valence-electron chi connectivity index (χ4n) is 4.05. The Morgan fingerprint density at radius 3 is 2.33 bits per heavy atom. The van der Waals surface area contributed by atoms with Crippen LogP contribution in [0.5, 0.6) is 0 Å². The standard InChI is InChI=1S/C23H30N4O3/c1-3-7-22(19-8-5-4-6-9-19)24-23(28)18(2)25-14-16-26(17-15-25)20-10-12-21(13-11-20)27(29)30/h4-6,8-13,18,22H,3,7,14-17H2,1-2H3,(H,24,28)/p+1/t18-,22-/m1/s1. The number of nitro benzene ring substituents is 1. The minimum Gasteiger partial charge on any atom is -0.360 e. The van der Waals surface area contributed by atoms with E-state index in [1.54, 1.807) is 24.3 Å². The summed E-state index contributed by atoms with van der Waals surface area (Å²) in [6, 6.07) is 16.8. The first kappa shape index (κ1) is 21.8. The van der Waals surface area contributed by atoms with Crippen molar-refractivity contribution in [2.45, 2.75) is 38.8 Å². The summed E-state index contributed by atoms with van der Waals surface area (Å²) in [5.41, 5.74) is 2.25. The maximum Gasteiger partial charge on any atom is 0.278 e. The van der Waals surface area contributed by atoms with E-state index in [9.17, 15) is 14.9 Å². The second kappa shape index (κ2) is 10.2. The van der Waals surface area contributed by atoms with E-state index in [2.05, 4.69) is 29.3 Å². The van der Waals surface area contributed by atoms with Gasteiger partial charge in [0.15, 0.2) is 6.04 Å². The third-order valence-electron chi connectivity index (χ3n) is 5.93. The van der Waals surface area contributed by atoms with Gasteiger partial charge in [0.2, 0.25) is 0 Å². The number of anilines is 1. The van der Waals surface area contributed by atoms with Crippen molar-refractivity contribution < 1.29 is 14.6 Å². The number of carbonyl (C=O) groups excluding carboxylic acids is 1. The molecule has 1 saturated heterocycles. The van der Waals surface area contributed by atoms with Crippen molar-refractivity contribution in [1.29, 1.82) is 0 Å². The number of benzene rings is 2. The molecule has 2 aromatic rings. The molecule has 0 bridgehead atoms. The SMILES string of the molecule is CCC[C@@H](NC(=O)[C@@H](C)[NH+]1CCN(c2ccc([N+](=O)[O-])cc2)CC1)c1ccccc1. The van der Waals surface area contributed by atoms with E-state index in [0.717, 1.165) is 50.3 Å². The van der Waals surface area contributed by atoms with Gasteiger partial charge in [0.05, 0.1) is 37.1 Å². The van der Waals surface area contributed by atoms with Crippen LogP contribution in [0.3, 0.4) is 0 Å². The predicted molar refractivity (Wildman–Crippen MR) is 118 cm³/mol. The van der Waals surface area contributed by atoms with E-state index in [1.807, 2.05) is 25.1 Å². The fourth-order valence-corrected chi connectivity index (χ4v) is 4.05. The van der Waals surface area contributed by atoms with Gasteiger partial charge in [-0.15, -0.1) is 0 Å². The van der Waals surface area contributed by atoms with Crippen molar-refractivity contribution in [2.75, 3.05) is 31.1 Å². The molecule has 160 valence electrons. The average molecular weight is 412 g/mol. The van der Waals surface area contributed by atoms with Gasteiger partial charge >= 0.3 is 0 Å². The van der Waals surface area contributed by atoms with Gasteiger partial charge in [-0.3, -0.25) is 14.9 Å². The lowest BCUT2D eigenvalue weighted by Crippen LogP contribution is -3.19. The van der Waals surface area contributed by atoms with E-state index < -0.39 is 0 Å². The van der Waals surface area contributed by atoms with E-state index in [0.29, 0.717) is 0 Å². The number of rotatable bonds is 8. The lowest BCUT2D eigenvalue weighted by molar-refractivity contribution is -0.914. The van der Waals surface area contributed by atoms with Crippen LogP contribution in [0.15, 0.2) is 54.6 Å². The quantitative estimate of drug-likeness (QED) is 0.516. The van der Waals surface area contributed by atoms with E-state index in [-0.39, 0.29) is 28.6 Å². The summed E-state index contributed by atoms with van der Waals surface area (Å²) in [5, 5.41) is 14.1. The summed E-state index contributed by atoms with van der Waals surface area (Å²) in [4.78, 5) is 26.9. The van der Waals surface area contributed by atoms with Crippen molar-refractivity contribution in [3.8, 4) is 0 Å². The second-order valence-corrected chi connectivity index (χ2v) is 7.90. The molecule has 7 nitrogen and oxygen atoms in total. The van der Waals surface area contributed by atoms with Gasteiger partial charge in [-0.2, -0.15) is 0 Å². The maximum atomic E-state index is 12.9. The smallest absolute Gasteiger partial charge is 0.278 e. The normalized spacial score (nSPS) is 16.7. The first-order valence-corrected chi connectivity index (χ1v) is 10.7. The van der Waals surface area contributed by atoms with Gasteiger partial charge < -0.3 is 15.1 Å². The molecule has 1 aliphatic rings. The molecule has 7 heteroatoms. The molecule has 1 fully saturated rings. The van der Waals surface area contributed by atoms with E-state index in [1.165, 1.54) is 4.90 Å². The van der Waals surface area contributed by atoms with Crippen LogP contribution in [0.4, 0.5) is 11.4 Å². The zero-order valence-corrected chi connectivity index (χ0v) is 17.7. The number of nitrogens with zero attached hydrogens (tertiary/aromatic N) is 2. The van der Waals surface area contributed by atoms with Crippen LogP contribution < -0.4 is 15.1 Å². The highest BCUT2D eigenvalue weighted by Gasteiger charge is 2.30. The van der Waals surface area contributed by atoms with Crippen LogP contribution in [0.1, 0.15) is 38.3 Å². The fraction of sp³-hybridized carbons (Fsp3) is 0.435. The van der Waals surface area contributed by atoms with Gasteiger partial charge in [0.25, 0.3) is 11.6 Å². The van der Waals surface area contributed by atoms with Crippen LogP contribution >= 0.6 is 0 Å². The molecule has 0 aromatic heterocycles. The second-order valence-electron chi connectivity index (χ2n) is 7.90. The summed E-state index contributed by atoms with van der Waals surface area (Å²) in [5.74, 6) is 0.0936. The molecule has 2 aromatic carbocycles. The number of hydrogen-bond acceptors (Lipinski definition) is 4. The lowest BCUT2D eigenvalue weighted by Gasteiger charge is -2.36. The molecule has 2 N–H and O–H groups in total. The van der Waals surface area contributed by atoms with Crippen LogP contribution in [0, 0.1) is 10.1 Å². The number of quaternary nitrogens is 1. The number of nitro groups is 1. The molecule has 0 unspecified atom stereocenters. The summed E-state index contributed by atoms with van der Waals surface area (Å²) in [7, 11) is 0. The molecule has 1 aliphatic heterocycles. The Balaban J connectivity index is 1.55. The average Bonchev–Trinajstić information content (AvgIpc) is 2.79. The number of carbonyl (C=O) groups is 1. The van der Waals surface area contributed by atoms with Gasteiger partial charge in [0.1, 0.15) is 0 Å². The monoisotopic (exact) mass is 411 g/mol. The molecule has 1 heterocycles. The third kappa shape index (κ3) is 5.36. The molecule has 0 spiro atoms. The number of piperazine rings is 1. The van der Waals surface area contributed by atoms with E-state index in [4.69, 9.17) is 0 Å². The molecule has 30 heavy (non-hydrogen) atoms. The Bertz CT molecular complexity index is 833. The Morgan fingerprint density at radius 2 is 1.77 bits per heavy atom. The Kier molecular flexibility index (Phi) is 7.41. The van der Waals surface area contributed by atoms with Crippen molar-refractivity contribution >= 4 is 17.3 Å². The highest BCUT2D eigenvalue weighted by Crippen LogP contribution is 2.20. The molecule has 2 atom stereocenters. The van der Waals surface area contributed by atoms with Crippen LogP contribution in [-0.2, 0) is 4.79 Å². The Labute approximate surface area is 177 Å². The first-order chi connectivity index (χ1) is 14.5. The number of amides is 1. The largest absolute Gasteiger partial charge is 0.360 e. The lowest BCUT2D eigenvalue weighted by atomic mass is 10.0. The molecule has 0 aliphatic carbocycles. The number of hydrogen-bond donors (Lipinski definition) is 2. The number of non-ortho nitro benzene ring substituents is 1. The van der Waals surface area contributed by atoms with Gasteiger partial charge in [0, 0.05) is 17.8 Å². The molecular formula is C23H31N4O3+. The summed E-state index contributed by atoms with van der Waals surface area (Å²) in [6.45, 7) is 7.49. The Hall–Kier alpha value is -2.93. The van der Waals surface area contributed by atoms with Crippen LogP contribution in [-0.4, -0.2) is 43.1 Å². The predicted octanol–water partition coefficient (Wildman–Crippen LogP) is 2.35. The maximum absolute atomic E-state index is 12.9. The molecule has 1 amide bonds. The first-order valence-electron chi connectivity index (χ1n) is 10.7. The van der Waals surface area contributed by atoms with Crippen molar-refractivity contribution in [1.82, 2.24) is 5.32 Å². The topological polar surface area (TPSA) is 79.9 Å². The highest BCUT2D eigenvalue weighted by atomic mass is 16.6. The highest BCUT2D eigenvalue weighted by molar-refractivity contribution is 5.80. The third-order valence-corrected chi connectivity index (χ3v) is 5.93. The summed E-state index contributed by atoms with van der Waals surface area (Å²) in [6.07, 6.45) is 1.93. The minimum atomic E-state index is -0.382. The molecule has 0 saturated carbocycles. The van der Waals surface area contributed by atoms with Gasteiger partial charge in [-0.05, 0) is 31.0 Å². The summed E-state index contributed by atoms with van der Waals surface area (Å²) < 4.78 is 0. The molecule has 3 rings (SSSR count). The number of nitrogens with one attached hydrogen (secondary N) is 2. The zero-order chi connectivity index (χ0) is 21.5. The van der Waals surface area contributed by atoms with Gasteiger partial charge in [-0.25, -0.2) is 0 Å². The Morgan fingerprint density at radius 1 is 1.13 bits per heavy atom.